The van der Waals surface area contributed by atoms with Crippen LogP contribution in [0.4, 0.5) is 10.5 Å². The number of carbonyl (C=O) groups excluding carboxylic acids is 2. The molecular weight excluding hydrogens is 326 g/mol. The summed E-state index contributed by atoms with van der Waals surface area (Å²) in [4.78, 5) is 36.6. The van der Waals surface area contributed by atoms with E-state index in [1.807, 2.05) is 0 Å². The molecule has 136 valence electrons. The van der Waals surface area contributed by atoms with Crippen molar-refractivity contribution in [3.05, 3.63) is 23.8 Å². The lowest BCUT2D eigenvalue weighted by Crippen LogP contribution is -2.30. The number of likely N-dealkylation sites (tertiary alicyclic amines) is 1. The molecule has 8 heteroatoms. The molecule has 3 N–H and O–H groups in total. The maximum absolute atomic E-state index is 12.5. The van der Waals surface area contributed by atoms with Crippen molar-refractivity contribution in [2.24, 2.45) is 0 Å². The largest absolute Gasteiger partial charge is 0.495 e. The molecule has 1 saturated heterocycles. The summed E-state index contributed by atoms with van der Waals surface area (Å²) in [5.74, 6) is -0.527. The molecule has 0 spiro atoms. The van der Waals surface area contributed by atoms with Gasteiger partial charge in [0.2, 0.25) is 0 Å². The van der Waals surface area contributed by atoms with Crippen molar-refractivity contribution in [3.63, 3.8) is 0 Å². The van der Waals surface area contributed by atoms with Gasteiger partial charge in [0.25, 0.3) is 5.91 Å². The second kappa shape index (κ2) is 8.91. The van der Waals surface area contributed by atoms with E-state index in [1.165, 1.54) is 7.11 Å². The zero-order valence-corrected chi connectivity index (χ0v) is 14.2. The van der Waals surface area contributed by atoms with Crippen LogP contribution in [-0.2, 0) is 4.79 Å². The number of hydrogen-bond acceptors (Lipinski definition) is 4. The molecule has 1 aliphatic rings. The van der Waals surface area contributed by atoms with Crippen LogP contribution >= 0.6 is 0 Å². The van der Waals surface area contributed by atoms with E-state index < -0.39 is 12.0 Å². The number of rotatable bonds is 7. The fourth-order valence-corrected chi connectivity index (χ4v) is 2.65. The Morgan fingerprint density at radius 1 is 1.24 bits per heavy atom. The highest BCUT2D eigenvalue weighted by Gasteiger charge is 2.20. The van der Waals surface area contributed by atoms with Crippen LogP contribution in [0.3, 0.4) is 0 Å². The summed E-state index contributed by atoms with van der Waals surface area (Å²) in [5.41, 5.74) is 0.882. The standard InChI is InChI=1S/C17H23N3O5/c1-25-14-7-6-12(16(23)20-9-2-3-10-20)11-13(14)19-17(24)18-8-4-5-15(21)22/h6-7,11H,2-5,8-10H2,1H3,(H,21,22)(H2,18,19,24). The second-order valence-electron chi connectivity index (χ2n) is 5.79. The van der Waals surface area contributed by atoms with Gasteiger partial charge in [-0.25, -0.2) is 4.79 Å². The Morgan fingerprint density at radius 3 is 2.60 bits per heavy atom. The molecule has 2 rings (SSSR count). The van der Waals surface area contributed by atoms with Gasteiger partial charge in [0.05, 0.1) is 12.8 Å². The number of anilines is 1. The highest BCUT2D eigenvalue weighted by molar-refractivity contribution is 5.98. The van der Waals surface area contributed by atoms with Crippen molar-refractivity contribution >= 4 is 23.6 Å². The lowest BCUT2D eigenvalue weighted by atomic mass is 10.1. The van der Waals surface area contributed by atoms with Gasteiger partial charge in [-0.2, -0.15) is 0 Å². The minimum absolute atomic E-state index is 0.0105. The van der Waals surface area contributed by atoms with Gasteiger partial charge in [0.15, 0.2) is 0 Å². The Kier molecular flexibility index (Phi) is 6.62. The summed E-state index contributed by atoms with van der Waals surface area (Å²) in [6.07, 6.45) is 2.34. The van der Waals surface area contributed by atoms with Gasteiger partial charge in [0.1, 0.15) is 5.75 Å². The summed E-state index contributed by atoms with van der Waals surface area (Å²) in [6.45, 7) is 1.74. The Labute approximate surface area is 146 Å². The van der Waals surface area contributed by atoms with Crippen LogP contribution in [0.15, 0.2) is 18.2 Å². The number of carboxylic acid groups (broad SMARTS) is 1. The predicted octanol–water partition coefficient (Wildman–Crippen LogP) is 1.92. The Hall–Kier alpha value is -2.77. The minimum Gasteiger partial charge on any atom is -0.495 e. The van der Waals surface area contributed by atoms with E-state index in [0.717, 1.165) is 25.9 Å². The van der Waals surface area contributed by atoms with Crippen LogP contribution in [0.2, 0.25) is 0 Å². The smallest absolute Gasteiger partial charge is 0.319 e. The van der Waals surface area contributed by atoms with Gasteiger partial charge in [-0.3, -0.25) is 9.59 Å². The number of ether oxygens (including phenoxy) is 1. The molecule has 1 aromatic carbocycles. The predicted molar refractivity (Wildman–Crippen MR) is 92.0 cm³/mol. The lowest BCUT2D eigenvalue weighted by molar-refractivity contribution is -0.137. The first-order valence-electron chi connectivity index (χ1n) is 8.25. The van der Waals surface area contributed by atoms with Crippen molar-refractivity contribution in [1.82, 2.24) is 10.2 Å². The quantitative estimate of drug-likeness (QED) is 0.652. The second-order valence-corrected chi connectivity index (χ2v) is 5.79. The van der Waals surface area contributed by atoms with Gasteiger partial charge in [-0.1, -0.05) is 0 Å². The zero-order valence-electron chi connectivity index (χ0n) is 14.2. The van der Waals surface area contributed by atoms with Crippen LogP contribution < -0.4 is 15.4 Å². The summed E-state index contributed by atoms with van der Waals surface area (Å²) >= 11 is 0. The Balaban J connectivity index is 2.00. The van der Waals surface area contributed by atoms with Crippen molar-refractivity contribution in [2.75, 3.05) is 32.1 Å². The molecule has 0 saturated carbocycles. The molecule has 0 aromatic heterocycles. The molecule has 1 heterocycles. The molecule has 0 radical (unpaired) electrons. The number of benzene rings is 1. The summed E-state index contributed by atoms with van der Waals surface area (Å²) < 4.78 is 5.22. The lowest BCUT2D eigenvalue weighted by Gasteiger charge is -2.17. The summed E-state index contributed by atoms with van der Waals surface area (Å²) in [6, 6.07) is 4.43. The van der Waals surface area contributed by atoms with E-state index in [4.69, 9.17) is 9.84 Å². The summed E-state index contributed by atoms with van der Waals surface area (Å²) in [7, 11) is 1.48. The van der Waals surface area contributed by atoms with E-state index in [2.05, 4.69) is 10.6 Å². The molecule has 0 bridgehead atoms. The van der Waals surface area contributed by atoms with Gasteiger partial charge >= 0.3 is 12.0 Å². The van der Waals surface area contributed by atoms with Crippen molar-refractivity contribution in [1.29, 1.82) is 0 Å². The van der Waals surface area contributed by atoms with Crippen molar-refractivity contribution in [3.8, 4) is 5.75 Å². The molecule has 0 atom stereocenters. The number of aliphatic carboxylic acids is 1. The number of nitrogens with zero attached hydrogens (tertiary/aromatic N) is 1. The number of hydrogen-bond donors (Lipinski definition) is 3. The fourth-order valence-electron chi connectivity index (χ4n) is 2.65. The van der Waals surface area contributed by atoms with Gasteiger partial charge < -0.3 is 25.4 Å². The molecule has 0 aliphatic carbocycles. The first-order valence-corrected chi connectivity index (χ1v) is 8.25. The van der Waals surface area contributed by atoms with Gasteiger partial charge in [-0.05, 0) is 37.5 Å². The molecule has 1 aliphatic heterocycles. The Morgan fingerprint density at radius 2 is 1.96 bits per heavy atom. The van der Waals surface area contributed by atoms with Crippen LogP contribution in [0.1, 0.15) is 36.0 Å². The van der Waals surface area contributed by atoms with Gasteiger partial charge in [-0.15, -0.1) is 0 Å². The van der Waals surface area contributed by atoms with E-state index in [0.29, 0.717) is 23.4 Å². The number of carbonyl (C=O) groups is 3. The minimum atomic E-state index is -0.906. The number of methoxy groups -OCH3 is 1. The third-order valence-corrected chi connectivity index (χ3v) is 3.94. The zero-order chi connectivity index (χ0) is 18.2. The molecule has 0 unspecified atom stereocenters. The average molecular weight is 349 g/mol. The molecule has 3 amide bonds. The molecular formula is C17H23N3O5. The first-order chi connectivity index (χ1) is 12.0. The van der Waals surface area contributed by atoms with Crippen LogP contribution in [-0.4, -0.2) is 54.7 Å². The molecule has 25 heavy (non-hydrogen) atoms. The van der Waals surface area contributed by atoms with Crippen LogP contribution in [0.25, 0.3) is 0 Å². The third kappa shape index (κ3) is 5.37. The van der Waals surface area contributed by atoms with Crippen LogP contribution in [0.5, 0.6) is 5.75 Å². The SMILES string of the molecule is COc1ccc(C(=O)N2CCCC2)cc1NC(=O)NCCCC(=O)O. The highest BCUT2D eigenvalue weighted by Crippen LogP contribution is 2.26. The van der Waals surface area contributed by atoms with E-state index in [-0.39, 0.29) is 18.9 Å². The number of carboxylic acids is 1. The highest BCUT2D eigenvalue weighted by atomic mass is 16.5. The number of urea groups is 1. The van der Waals surface area contributed by atoms with Gasteiger partial charge in [0, 0.05) is 31.6 Å². The van der Waals surface area contributed by atoms with Crippen LogP contribution in [0, 0.1) is 0 Å². The van der Waals surface area contributed by atoms with Crippen molar-refractivity contribution < 1.29 is 24.2 Å². The summed E-state index contributed by atoms with van der Waals surface area (Å²) in [5, 5.41) is 13.8. The van der Waals surface area contributed by atoms with E-state index in [1.54, 1.807) is 23.1 Å². The average Bonchev–Trinajstić information content (AvgIpc) is 3.12. The monoisotopic (exact) mass is 349 g/mol. The Bertz CT molecular complexity index is 641. The third-order valence-electron chi connectivity index (χ3n) is 3.94. The number of nitrogens with one attached hydrogen (secondary N) is 2. The number of amides is 3. The van der Waals surface area contributed by atoms with Crippen molar-refractivity contribution in [2.45, 2.75) is 25.7 Å². The maximum atomic E-state index is 12.5. The maximum Gasteiger partial charge on any atom is 0.319 e. The fraction of sp³-hybridized carbons (Fsp3) is 0.471. The van der Waals surface area contributed by atoms with E-state index in [9.17, 15) is 14.4 Å². The topological polar surface area (TPSA) is 108 Å². The molecule has 1 aromatic rings. The first kappa shape index (κ1) is 18.6. The molecule has 8 nitrogen and oxygen atoms in total. The van der Waals surface area contributed by atoms with E-state index >= 15 is 0 Å². The normalized spacial score (nSPS) is 13.4. The molecule has 1 fully saturated rings.